The monoisotopic (exact) mass is 208 g/mol. The number of allylic oxidation sites excluding steroid dienone is 4. The number of carbonyl (C=O) groups excluding carboxylic acids is 1. The summed E-state index contributed by atoms with van der Waals surface area (Å²) in [6.45, 7) is 1.99. The quantitative estimate of drug-likeness (QED) is 0.713. The lowest BCUT2D eigenvalue weighted by atomic mass is 10.1. The fraction of sp³-hybridized carbons (Fsp3) is 0.273. The number of hydrogen-bond acceptors (Lipinski definition) is 3. The lowest BCUT2D eigenvalue weighted by Crippen LogP contribution is -2.10. The van der Waals surface area contributed by atoms with Gasteiger partial charge in [0, 0.05) is 17.6 Å². The predicted molar refractivity (Wildman–Crippen MR) is 54.2 cm³/mol. The SMILES string of the molecule is CCOC(=O)C1=CC=CC=C(C(=O)O)C1. The molecular weight excluding hydrogens is 196 g/mol. The molecule has 0 bridgehead atoms. The first-order chi connectivity index (χ1) is 7.15. The van der Waals surface area contributed by atoms with E-state index in [-0.39, 0.29) is 18.6 Å². The molecule has 0 fully saturated rings. The van der Waals surface area contributed by atoms with Gasteiger partial charge in [0.05, 0.1) is 6.61 Å². The largest absolute Gasteiger partial charge is 0.478 e. The first-order valence-electron chi connectivity index (χ1n) is 4.62. The molecule has 1 N–H and O–H groups in total. The van der Waals surface area contributed by atoms with Crippen molar-refractivity contribution in [1.82, 2.24) is 0 Å². The molecule has 0 radical (unpaired) electrons. The van der Waals surface area contributed by atoms with Crippen molar-refractivity contribution in [2.24, 2.45) is 0 Å². The van der Waals surface area contributed by atoms with Crippen LogP contribution in [0, 0.1) is 0 Å². The number of carboxylic acid groups (broad SMARTS) is 1. The maximum Gasteiger partial charge on any atom is 0.334 e. The van der Waals surface area contributed by atoms with E-state index in [9.17, 15) is 9.59 Å². The fourth-order valence-electron chi connectivity index (χ4n) is 1.18. The van der Waals surface area contributed by atoms with Crippen molar-refractivity contribution in [2.75, 3.05) is 6.61 Å². The maximum atomic E-state index is 11.4. The normalized spacial score (nSPS) is 15.0. The molecule has 0 aromatic heterocycles. The van der Waals surface area contributed by atoms with E-state index in [1.54, 1.807) is 25.2 Å². The van der Waals surface area contributed by atoms with Crippen LogP contribution >= 0.6 is 0 Å². The minimum absolute atomic E-state index is 0.0984. The molecule has 0 spiro atoms. The standard InChI is InChI=1S/C11H12O4/c1-2-15-11(14)9-6-4-3-5-8(7-9)10(12)13/h3-6H,2,7H2,1H3,(H,12,13). The van der Waals surface area contributed by atoms with Gasteiger partial charge in [-0.1, -0.05) is 24.3 Å². The number of ether oxygens (including phenoxy) is 1. The third kappa shape index (κ3) is 3.09. The third-order valence-electron chi connectivity index (χ3n) is 1.90. The zero-order chi connectivity index (χ0) is 11.3. The second kappa shape index (κ2) is 5.14. The lowest BCUT2D eigenvalue weighted by molar-refractivity contribution is -0.138. The zero-order valence-corrected chi connectivity index (χ0v) is 8.40. The van der Waals surface area contributed by atoms with Crippen LogP contribution in [0.4, 0.5) is 0 Å². The molecule has 0 aromatic rings. The van der Waals surface area contributed by atoms with Crippen molar-refractivity contribution in [3.05, 3.63) is 35.5 Å². The lowest BCUT2D eigenvalue weighted by Gasteiger charge is -2.05. The number of aliphatic carboxylic acids is 1. The van der Waals surface area contributed by atoms with Crippen molar-refractivity contribution in [3.63, 3.8) is 0 Å². The van der Waals surface area contributed by atoms with Crippen LogP contribution in [0.3, 0.4) is 0 Å². The van der Waals surface area contributed by atoms with Gasteiger partial charge in [-0.2, -0.15) is 0 Å². The summed E-state index contributed by atoms with van der Waals surface area (Å²) in [5.41, 5.74) is 0.544. The van der Waals surface area contributed by atoms with Crippen molar-refractivity contribution in [2.45, 2.75) is 13.3 Å². The van der Waals surface area contributed by atoms with E-state index in [1.165, 1.54) is 6.08 Å². The molecule has 4 heteroatoms. The molecule has 1 rings (SSSR count). The first-order valence-corrected chi connectivity index (χ1v) is 4.62. The Morgan fingerprint density at radius 3 is 2.47 bits per heavy atom. The fourth-order valence-corrected chi connectivity index (χ4v) is 1.18. The highest BCUT2D eigenvalue weighted by Gasteiger charge is 2.16. The summed E-state index contributed by atoms with van der Waals surface area (Å²) >= 11 is 0. The van der Waals surface area contributed by atoms with Crippen LogP contribution in [0.1, 0.15) is 13.3 Å². The Bertz CT molecular complexity index is 361. The van der Waals surface area contributed by atoms with Gasteiger partial charge in [0.25, 0.3) is 0 Å². The Labute approximate surface area is 87.5 Å². The molecule has 0 aliphatic heterocycles. The van der Waals surface area contributed by atoms with E-state index in [4.69, 9.17) is 9.84 Å². The molecule has 0 unspecified atom stereocenters. The number of esters is 1. The minimum Gasteiger partial charge on any atom is -0.478 e. The highest BCUT2D eigenvalue weighted by atomic mass is 16.5. The molecule has 0 heterocycles. The van der Waals surface area contributed by atoms with E-state index in [1.807, 2.05) is 0 Å². The van der Waals surface area contributed by atoms with Crippen LogP contribution in [-0.4, -0.2) is 23.7 Å². The van der Waals surface area contributed by atoms with Crippen LogP contribution in [0.2, 0.25) is 0 Å². The van der Waals surface area contributed by atoms with Gasteiger partial charge in [-0.15, -0.1) is 0 Å². The number of hydrogen-bond donors (Lipinski definition) is 1. The summed E-state index contributed by atoms with van der Waals surface area (Å²) in [4.78, 5) is 22.1. The van der Waals surface area contributed by atoms with Crippen LogP contribution in [0.15, 0.2) is 35.5 Å². The van der Waals surface area contributed by atoms with Crippen LogP contribution in [0.25, 0.3) is 0 Å². The van der Waals surface area contributed by atoms with E-state index < -0.39 is 11.9 Å². The van der Waals surface area contributed by atoms with Gasteiger partial charge in [-0.05, 0) is 6.92 Å². The summed E-state index contributed by atoms with van der Waals surface area (Å²) in [6, 6.07) is 0. The number of carboxylic acids is 1. The van der Waals surface area contributed by atoms with Gasteiger partial charge in [0.1, 0.15) is 0 Å². The molecule has 4 nitrogen and oxygen atoms in total. The predicted octanol–water partition coefficient (Wildman–Crippen LogP) is 1.45. The summed E-state index contributed by atoms with van der Waals surface area (Å²) in [5, 5.41) is 8.81. The second-order valence-corrected chi connectivity index (χ2v) is 2.97. The Hall–Kier alpha value is -1.84. The van der Waals surface area contributed by atoms with Crippen molar-refractivity contribution in [1.29, 1.82) is 0 Å². The minimum atomic E-state index is -1.02. The van der Waals surface area contributed by atoms with Gasteiger partial charge in [-0.25, -0.2) is 9.59 Å². The van der Waals surface area contributed by atoms with Gasteiger partial charge in [0.2, 0.25) is 0 Å². The average molecular weight is 208 g/mol. The highest BCUT2D eigenvalue weighted by Crippen LogP contribution is 2.16. The van der Waals surface area contributed by atoms with Gasteiger partial charge in [-0.3, -0.25) is 0 Å². The molecule has 80 valence electrons. The third-order valence-corrected chi connectivity index (χ3v) is 1.90. The molecule has 1 aliphatic carbocycles. The number of rotatable bonds is 3. The Morgan fingerprint density at radius 1 is 1.33 bits per heavy atom. The van der Waals surface area contributed by atoms with E-state index in [2.05, 4.69) is 0 Å². The van der Waals surface area contributed by atoms with E-state index in [0.717, 1.165) is 0 Å². The first kappa shape index (κ1) is 11.2. The molecule has 0 saturated heterocycles. The Kier molecular flexibility index (Phi) is 3.85. The number of carbonyl (C=O) groups is 2. The van der Waals surface area contributed by atoms with Gasteiger partial charge < -0.3 is 9.84 Å². The van der Waals surface area contributed by atoms with Crippen molar-refractivity contribution >= 4 is 11.9 Å². The topological polar surface area (TPSA) is 63.6 Å². The molecule has 1 aliphatic rings. The summed E-state index contributed by atoms with van der Waals surface area (Å²) < 4.78 is 4.80. The maximum absolute atomic E-state index is 11.4. The Balaban J connectivity index is 2.81. The molecule has 0 amide bonds. The van der Waals surface area contributed by atoms with Gasteiger partial charge >= 0.3 is 11.9 Å². The van der Waals surface area contributed by atoms with Crippen molar-refractivity contribution < 1.29 is 19.4 Å². The van der Waals surface area contributed by atoms with Crippen LogP contribution in [-0.2, 0) is 14.3 Å². The molecular formula is C11H12O4. The molecule has 0 aromatic carbocycles. The Morgan fingerprint density at radius 2 is 1.93 bits per heavy atom. The molecule has 0 atom stereocenters. The van der Waals surface area contributed by atoms with Gasteiger partial charge in [0.15, 0.2) is 0 Å². The zero-order valence-electron chi connectivity index (χ0n) is 8.40. The smallest absolute Gasteiger partial charge is 0.334 e. The summed E-state index contributed by atoms with van der Waals surface area (Å²) in [7, 11) is 0. The van der Waals surface area contributed by atoms with Crippen molar-refractivity contribution in [3.8, 4) is 0 Å². The van der Waals surface area contributed by atoms with Crippen LogP contribution in [0.5, 0.6) is 0 Å². The summed E-state index contributed by atoms with van der Waals surface area (Å²) in [6.07, 6.45) is 6.37. The highest BCUT2D eigenvalue weighted by molar-refractivity contribution is 5.94. The molecule has 0 saturated carbocycles. The van der Waals surface area contributed by atoms with Crippen LogP contribution < -0.4 is 0 Å². The average Bonchev–Trinajstić information content (AvgIpc) is 2.43. The molecule has 15 heavy (non-hydrogen) atoms. The van der Waals surface area contributed by atoms with E-state index in [0.29, 0.717) is 5.57 Å². The second-order valence-electron chi connectivity index (χ2n) is 2.97. The summed E-state index contributed by atoms with van der Waals surface area (Å²) in [5.74, 6) is -1.48. The van der Waals surface area contributed by atoms with E-state index >= 15 is 0 Å².